The third-order valence-electron chi connectivity index (χ3n) is 4.90. The fraction of sp³-hybridized carbons (Fsp3) is 0.350. The molecule has 1 aliphatic rings. The van der Waals surface area contributed by atoms with Gasteiger partial charge < -0.3 is 5.32 Å². The van der Waals surface area contributed by atoms with Gasteiger partial charge in [0.1, 0.15) is 11.6 Å². The second-order valence-corrected chi connectivity index (χ2v) is 10.4. The summed E-state index contributed by atoms with van der Waals surface area (Å²) in [6.45, 7) is 4.58. The van der Waals surface area contributed by atoms with Gasteiger partial charge in [0.25, 0.3) is 5.91 Å². The Labute approximate surface area is 181 Å². The van der Waals surface area contributed by atoms with E-state index in [9.17, 15) is 26.4 Å². The zero-order valence-electron chi connectivity index (χ0n) is 16.3. The van der Waals surface area contributed by atoms with Crippen molar-refractivity contribution in [1.29, 1.82) is 0 Å². The van der Waals surface area contributed by atoms with Crippen molar-refractivity contribution in [3.05, 3.63) is 57.8 Å². The van der Waals surface area contributed by atoms with E-state index in [-0.39, 0.29) is 26.9 Å². The number of amides is 1. The summed E-state index contributed by atoms with van der Waals surface area (Å²) in [7, 11) is -3.94. The second-order valence-electron chi connectivity index (χ2n) is 7.61. The first kappa shape index (κ1) is 22.8. The summed E-state index contributed by atoms with van der Waals surface area (Å²) < 4.78 is 68.9. The molecule has 2 aromatic carbocycles. The zero-order chi connectivity index (χ0) is 22.2. The van der Waals surface area contributed by atoms with Crippen LogP contribution in [0.3, 0.4) is 0 Å². The van der Waals surface area contributed by atoms with E-state index in [0.717, 1.165) is 30.7 Å². The zero-order valence-corrected chi connectivity index (χ0v) is 18.7. The number of halogens is 4. The summed E-state index contributed by atoms with van der Waals surface area (Å²) in [5.41, 5.74) is -0.947. The Morgan fingerprint density at radius 2 is 1.70 bits per heavy atom. The van der Waals surface area contributed by atoms with Crippen LogP contribution in [-0.4, -0.2) is 31.7 Å². The number of sulfonamides is 1. The predicted molar refractivity (Wildman–Crippen MR) is 110 cm³/mol. The van der Waals surface area contributed by atoms with Gasteiger partial charge in [0.15, 0.2) is 5.82 Å². The fourth-order valence-electron chi connectivity index (χ4n) is 3.63. The van der Waals surface area contributed by atoms with Crippen LogP contribution in [0, 0.1) is 29.3 Å². The fourth-order valence-corrected chi connectivity index (χ4v) is 5.85. The van der Waals surface area contributed by atoms with Gasteiger partial charge >= 0.3 is 0 Å². The van der Waals surface area contributed by atoms with Crippen molar-refractivity contribution in [2.75, 3.05) is 18.4 Å². The first-order valence-electron chi connectivity index (χ1n) is 9.24. The quantitative estimate of drug-likeness (QED) is 0.651. The minimum absolute atomic E-state index is 0.0752. The normalized spacial score (nSPS) is 20.2. The molecule has 0 aromatic heterocycles. The van der Waals surface area contributed by atoms with Gasteiger partial charge in [0.05, 0.1) is 16.1 Å². The van der Waals surface area contributed by atoms with Crippen LogP contribution in [0.4, 0.5) is 18.9 Å². The van der Waals surface area contributed by atoms with Crippen LogP contribution >= 0.6 is 15.9 Å². The van der Waals surface area contributed by atoms with Gasteiger partial charge in [0, 0.05) is 23.6 Å². The number of nitrogens with zero attached hydrogens (tertiary/aromatic N) is 1. The van der Waals surface area contributed by atoms with Crippen LogP contribution in [0.2, 0.25) is 0 Å². The number of nitrogens with one attached hydrogen (secondary N) is 1. The highest BCUT2D eigenvalue weighted by molar-refractivity contribution is 9.10. The van der Waals surface area contributed by atoms with E-state index < -0.39 is 38.9 Å². The smallest absolute Gasteiger partial charge is 0.258 e. The molecule has 2 aromatic rings. The second kappa shape index (κ2) is 8.68. The minimum Gasteiger partial charge on any atom is -0.318 e. The molecule has 2 atom stereocenters. The molecule has 5 nitrogen and oxygen atoms in total. The van der Waals surface area contributed by atoms with Crippen LogP contribution in [0.5, 0.6) is 0 Å². The van der Waals surface area contributed by atoms with Crippen molar-refractivity contribution in [2.24, 2.45) is 11.8 Å². The predicted octanol–water partition coefficient (Wildman–Crippen LogP) is 4.79. The van der Waals surface area contributed by atoms with E-state index in [1.807, 2.05) is 13.8 Å². The molecule has 30 heavy (non-hydrogen) atoms. The molecule has 0 bridgehead atoms. The first-order chi connectivity index (χ1) is 14.0. The molecule has 1 aliphatic heterocycles. The number of carbonyl (C=O) groups excluding carboxylic acids is 1. The lowest BCUT2D eigenvalue weighted by atomic mass is 9.94. The average Bonchev–Trinajstić information content (AvgIpc) is 2.63. The molecule has 1 fully saturated rings. The highest BCUT2D eigenvalue weighted by atomic mass is 79.9. The van der Waals surface area contributed by atoms with Crippen molar-refractivity contribution < 1.29 is 26.4 Å². The molecular formula is C20H20BrF3N2O3S. The lowest BCUT2D eigenvalue weighted by Gasteiger charge is -2.34. The Kier molecular flexibility index (Phi) is 6.59. The molecule has 1 heterocycles. The summed E-state index contributed by atoms with van der Waals surface area (Å²) in [6.07, 6.45) is 0.904. The number of carbonyl (C=O) groups is 1. The molecule has 3 rings (SSSR count). The number of benzene rings is 2. The Morgan fingerprint density at radius 3 is 2.30 bits per heavy atom. The SMILES string of the molecule is C[C@H]1C[C@H](C)CN(S(=O)(=O)c2ccc(F)c(C(=O)Nc3c(F)cc(F)cc3Br)c2)C1. The van der Waals surface area contributed by atoms with E-state index in [4.69, 9.17) is 0 Å². The Hall–Kier alpha value is -1.91. The largest absolute Gasteiger partial charge is 0.318 e. The van der Waals surface area contributed by atoms with Crippen LogP contribution in [-0.2, 0) is 10.0 Å². The van der Waals surface area contributed by atoms with Gasteiger partial charge in [-0.1, -0.05) is 13.8 Å². The maximum absolute atomic E-state index is 14.3. The molecule has 0 aliphatic carbocycles. The Morgan fingerprint density at radius 1 is 1.07 bits per heavy atom. The molecule has 1 N–H and O–H groups in total. The molecule has 0 radical (unpaired) electrons. The lowest BCUT2D eigenvalue weighted by molar-refractivity contribution is 0.102. The molecule has 1 amide bonds. The van der Waals surface area contributed by atoms with Crippen molar-refractivity contribution in [3.8, 4) is 0 Å². The number of hydrogen-bond acceptors (Lipinski definition) is 3. The van der Waals surface area contributed by atoms with Gasteiger partial charge in [0.2, 0.25) is 10.0 Å². The van der Waals surface area contributed by atoms with Gasteiger partial charge in [-0.3, -0.25) is 4.79 Å². The number of piperidine rings is 1. The van der Waals surface area contributed by atoms with Crippen LogP contribution in [0.15, 0.2) is 39.7 Å². The number of hydrogen-bond donors (Lipinski definition) is 1. The molecule has 10 heteroatoms. The van der Waals surface area contributed by atoms with Gasteiger partial charge in [-0.05, 0) is 58.5 Å². The summed E-state index contributed by atoms with van der Waals surface area (Å²) in [6, 6.07) is 4.42. The van der Waals surface area contributed by atoms with Crippen molar-refractivity contribution in [3.63, 3.8) is 0 Å². The molecule has 162 valence electrons. The maximum Gasteiger partial charge on any atom is 0.258 e. The van der Waals surface area contributed by atoms with Crippen molar-refractivity contribution >= 4 is 37.5 Å². The monoisotopic (exact) mass is 504 g/mol. The summed E-state index contributed by atoms with van der Waals surface area (Å²) in [5, 5.41) is 2.16. The van der Waals surface area contributed by atoms with Crippen LogP contribution in [0.1, 0.15) is 30.6 Å². The topological polar surface area (TPSA) is 66.5 Å². The van der Waals surface area contributed by atoms with Gasteiger partial charge in [-0.2, -0.15) is 4.31 Å². The van der Waals surface area contributed by atoms with E-state index in [2.05, 4.69) is 21.2 Å². The van der Waals surface area contributed by atoms with E-state index >= 15 is 0 Å². The summed E-state index contributed by atoms with van der Waals surface area (Å²) in [4.78, 5) is 12.3. The number of rotatable bonds is 4. The Balaban J connectivity index is 1.93. The molecule has 0 spiro atoms. The molecular weight excluding hydrogens is 485 g/mol. The summed E-state index contributed by atoms with van der Waals surface area (Å²) >= 11 is 2.94. The summed E-state index contributed by atoms with van der Waals surface area (Å²) in [5.74, 6) is -3.60. The third kappa shape index (κ3) is 4.70. The highest BCUT2D eigenvalue weighted by Crippen LogP contribution is 2.29. The molecule has 0 unspecified atom stereocenters. The van der Waals surface area contributed by atoms with Gasteiger partial charge in [-0.25, -0.2) is 21.6 Å². The van der Waals surface area contributed by atoms with Crippen molar-refractivity contribution in [2.45, 2.75) is 25.2 Å². The lowest BCUT2D eigenvalue weighted by Crippen LogP contribution is -2.42. The van der Waals surface area contributed by atoms with E-state index in [1.54, 1.807) is 0 Å². The molecule has 1 saturated heterocycles. The average molecular weight is 505 g/mol. The van der Waals surface area contributed by atoms with Crippen molar-refractivity contribution in [1.82, 2.24) is 4.31 Å². The first-order valence-corrected chi connectivity index (χ1v) is 11.5. The van der Waals surface area contributed by atoms with E-state index in [0.29, 0.717) is 19.2 Å². The van der Waals surface area contributed by atoms with Crippen LogP contribution in [0.25, 0.3) is 0 Å². The van der Waals surface area contributed by atoms with Gasteiger partial charge in [-0.15, -0.1) is 0 Å². The minimum atomic E-state index is -3.94. The number of anilines is 1. The molecule has 0 saturated carbocycles. The van der Waals surface area contributed by atoms with Crippen LogP contribution < -0.4 is 5.32 Å². The highest BCUT2D eigenvalue weighted by Gasteiger charge is 2.32. The Bertz CT molecular complexity index is 1060. The van der Waals surface area contributed by atoms with E-state index in [1.165, 1.54) is 4.31 Å². The third-order valence-corrected chi connectivity index (χ3v) is 7.35. The maximum atomic E-state index is 14.3. The standard InChI is InChI=1S/C20H20BrF3N2O3S/c1-11-5-12(2)10-26(9-11)30(28,29)14-3-4-17(23)15(8-14)20(27)25-19-16(21)6-13(22)7-18(19)24/h3-4,6-8,11-12H,5,9-10H2,1-2H3,(H,25,27)/t11-,12-/m0/s1.